The molecule has 1 amide bonds. The van der Waals surface area contributed by atoms with E-state index in [1.54, 1.807) is 6.92 Å². The standard InChI is InChI=1S/C15H19N3O7/c1-15(24-4-5-25-15)8-14(19)17-16-9-10-6-12(22-2)13(23-3)7-11(10)18(20)21/h6-7,9H,4-5,8H2,1-3H3,(H,17,19). The highest BCUT2D eigenvalue weighted by molar-refractivity contribution is 5.88. The monoisotopic (exact) mass is 353 g/mol. The Morgan fingerprint density at radius 3 is 2.52 bits per heavy atom. The van der Waals surface area contributed by atoms with Crippen molar-refractivity contribution in [3.05, 3.63) is 27.8 Å². The molecule has 0 radical (unpaired) electrons. The molecule has 1 saturated heterocycles. The van der Waals surface area contributed by atoms with Gasteiger partial charge in [-0.2, -0.15) is 5.10 Å². The second-order valence-corrected chi connectivity index (χ2v) is 5.32. The van der Waals surface area contributed by atoms with Gasteiger partial charge in [-0.3, -0.25) is 14.9 Å². The first-order valence-electron chi connectivity index (χ1n) is 7.39. The largest absolute Gasteiger partial charge is 0.493 e. The summed E-state index contributed by atoms with van der Waals surface area (Å²) in [6.07, 6.45) is 1.12. The molecule has 1 fully saturated rings. The molecule has 0 spiro atoms. The SMILES string of the molecule is COc1cc(C=NNC(=O)CC2(C)OCCO2)c([N+](=O)[O-])cc1OC. The molecule has 136 valence electrons. The molecule has 25 heavy (non-hydrogen) atoms. The highest BCUT2D eigenvalue weighted by atomic mass is 16.7. The highest BCUT2D eigenvalue weighted by Gasteiger charge is 2.33. The van der Waals surface area contributed by atoms with Crippen LogP contribution in [0.4, 0.5) is 5.69 Å². The number of nitrogens with zero attached hydrogens (tertiary/aromatic N) is 2. The van der Waals surface area contributed by atoms with Gasteiger partial charge in [0.15, 0.2) is 17.3 Å². The van der Waals surface area contributed by atoms with Gasteiger partial charge in [-0.1, -0.05) is 0 Å². The van der Waals surface area contributed by atoms with Gasteiger partial charge in [-0.05, 0) is 13.0 Å². The highest BCUT2D eigenvalue weighted by Crippen LogP contribution is 2.33. The van der Waals surface area contributed by atoms with E-state index in [9.17, 15) is 14.9 Å². The molecule has 10 heteroatoms. The van der Waals surface area contributed by atoms with E-state index in [0.29, 0.717) is 19.0 Å². The predicted octanol–water partition coefficient (Wildman–Crippen LogP) is 1.22. The Hall–Kier alpha value is -2.72. The van der Waals surface area contributed by atoms with Crippen LogP contribution in [0.25, 0.3) is 0 Å². The number of nitro groups is 1. The molecule has 1 aromatic rings. The van der Waals surface area contributed by atoms with Gasteiger partial charge in [-0.25, -0.2) is 5.43 Å². The molecule has 0 unspecified atom stereocenters. The number of benzene rings is 1. The molecule has 0 atom stereocenters. The quantitative estimate of drug-likeness (QED) is 0.444. The molecule has 1 heterocycles. The fraction of sp³-hybridized carbons (Fsp3) is 0.467. The molecular weight excluding hydrogens is 334 g/mol. The van der Waals surface area contributed by atoms with Gasteiger partial charge in [0, 0.05) is 0 Å². The number of rotatable bonds is 7. The van der Waals surface area contributed by atoms with Crippen molar-refractivity contribution in [2.75, 3.05) is 27.4 Å². The second-order valence-electron chi connectivity index (χ2n) is 5.32. The van der Waals surface area contributed by atoms with Crippen molar-refractivity contribution in [3.63, 3.8) is 0 Å². The number of methoxy groups -OCH3 is 2. The van der Waals surface area contributed by atoms with Gasteiger partial charge < -0.3 is 18.9 Å². The molecule has 10 nitrogen and oxygen atoms in total. The minimum absolute atomic E-state index is 0.0433. The van der Waals surface area contributed by atoms with E-state index >= 15 is 0 Å². The molecule has 0 aromatic heterocycles. The number of carbonyl (C=O) groups excluding carboxylic acids is 1. The molecule has 0 saturated carbocycles. The van der Waals surface area contributed by atoms with Gasteiger partial charge >= 0.3 is 0 Å². The van der Waals surface area contributed by atoms with Crippen LogP contribution in [0.5, 0.6) is 11.5 Å². The average molecular weight is 353 g/mol. The molecule has 1 aliphatic heterocycles. The number of hydrogen-bond acceptors (Lipinski definition) is 8. The molecule has 1 aliphatic rings. The molecular formula is C15H19N3O7. The summed E-state index contributed by atoms with van der Waals surface area (Å²) < 4.78 is 20.8. The number of nitrogens with one attached hydrogen (secondary N) is 1. The first-order chi connectivity index (χ1) is 11.9. The van der Waals surface area contributed by atoms with Crippen LogP contribution in [0.1, 0.15) is 18.9 Å². The Morgan fingerprint density at radius 1 is 1.36 bits per heavy atom. The van der Waals surface area contributed by atoms with Crippen molar-refractivity contribution in [2.24, 2.45) is 5.10 Å². The lowest BCUT2D eigenvalue weighted by atomic mass is 10.1. The normalized spacial score (nSPS) is 16.0. The first-order valence-corrected chi connectivity index (χ1v) is 7.39. The maximum atomic E-state index is 11.9. The van der Waals surface area contributed by atoms with Gasteiger partial charge in [0.05, 0.1) is 56.6 Å². The Kier molecular flexibility index (Phi) is 5.88. The van der Waals surface area contributed by atoms with E-state index in [1.807, 2.05) is 0 Å². The topological polar surface area (TPSA) is 122 Å². The lowest BCUT2D eigenvalue weighted by Crippen LogP contribution is -2.33. The van der Waals surface area contributed by atoms with E-state index in [2.05, 4.69) is 10.5 Å². The summed E-state index contributed by atoms with van der Waals surface area (Å²) in [5.74, 6) is -0.890. The number of amides is 1. The minimum atomic E-state index is -0.977. The molecule has 1 N–H and O–H groups in total. The summed E-state index contributed by atoms with van der Waals surface area (Å²) in [6, 6.07) is 2.63. The third kappa shape index (κ3) is 4.64. The van der Waals surface area contributed by atoms with Gasteiger partial charge in [0.2, 0.25) is 5.91 Å². The van der Waals surface area contributed by atoms with Crippen LogP contribution in [0.3, 0.4) is 0 Å². The third-order valence-corrected chi connectivity index (χ3v) is 3.50. The Balaban J connectivity index is 2.11. The summed E-state index contributed by atoms with van der Waals surface area (Å²) >= 11 is 0. The van der Waals surface area contributed by atoms with E-state index < -0.39 is 16.6 Å². The smallest absolute Gasteiger partial charge is 0.282 e. The minimum Gasteiger partial charge on any atom is -0.493 e. The fourth-order valence-corrected chi connectivity index (χ4v) is 2.31. The van der Waals surface area contributed by atoms with Crippen LogP contribution in [-0.2, 0) is 14.3 Å². The Labute approximate surface area is 143 Å². The summed E-state index contributed by atoms with van der Waals surface area (Å²) in [7, 11) is 2.79. The first kappa shape index (κ1) is 18.6. The van der Waals surface area contributed by atoms with Crippen molar-refractivity contribution >= 4 is 17.8 Å². The van der Waals surface area contributed by atoms with E-state index in [-0.39, 0.29) is 23.4 Å². The Bertz CT molecular complexity index is 684. The molecule has 0 bridgehead atoms. The van der Waals surface area contributed by atoms with Gasteiger partial charge in [-0.15, -0.1) is 0 Å². The molecule has 2 rings (SSSR count). The van der Waals surface area contributed by atoms with Gasteiger partial charge in [0.25, 0.3) is 5.69 Å². The van der Waals surface area contributed by atoms with Gasteiger partial charge in [0.1, 0.15) is 0 Å². The summed E-state index contributed by atoms with van der Waals surface area (Å²) in [4.78, 5) is 22.5. The predicted molar refractivity (Wildman–Crippen MR) is 86.9 cm³/mol. The van der Waals surface area contributed by atoms with Crippen molar-refractivity contribution in [1.82, 2.24) is 5.43 Å². The fourth-order valence-electron chi connectivity index (χ4n) is 2.31. The van der Waals surface area contributed by atoms with Crippen LogP contribution >= 0.6 is 0 Å². The zero-order valence-corrected chi connectivity index (χ0v) is 14.1. The maximum Gasteiger partial charge on any atom is 0.282 e. The van der Waals surface area contributed by atoms with Crippen molar-refractivity contribution in [3.8, 4) is 11.5 Å². The number of nitro benzene ring substituents is 1. The zero-order valence-electron chi connectivity index (χ0n) is 14.1. The van der Waals surface area contributed by atoms with Crippen LogP contribution in [0, 0.1) is 10.1 Å². The summed E-state index contributed by atoms with van der Waals surface area (Å²) in [5.41, 5.74) is 2.22. The third-order valence-electron chi connectivity index (χ3n) is 3.50. The van der Waals surface area contributed by atoms with Crippen molar-refractivity contribution in [1.29, 1.82) is 0 Å². The van der Waals surface area contributed by atoms with Crippen LogP contribution in [0.2, 0.25) is 0 Å². The van der Waals surface area contributed by atoms with Crippen molar-refractivity contribution < 1.29 is 28.7 Å². The molecule has 1 aromatic carbocycles. The van der Waals surface area contributed by atoms with E-state index in [4.69, 9.17) is 18.9 Å². The van der Waals surface area contributed by atoms with Crippen LogP contribution in [0.15, 0.2) is 17.2 Å². The van der Waals surface area contributed by atoms with Crippen LogP contribution < -0.4 is 14.9 Å². The lowest BCUT2D eigenvalue weighted by Gasteiger charge is -2.20. The number of ether oxygens (including phenoxy) is 4. The Morgan fingerprint density at radius 2 is 1.96 bits per heavy atom. The molecule has 0 aliphatic carbocycles. The van der Waals surface area contributed by atoms with E-state index in [0.717, 1.165) is 6.21 Å². The van der Waals surface area contributed by atoms with E-state index in [1.165, 1.54) is 26.4 Å². The number of carbonyl (C=O) groups is 1. The van der Waals surface area contributed by atoms with Crippen molar-refractivity contribution in [2.45, 2.75) is 19.1 Å². The second kappa shape index (κ2) is 7.90. The van der Waals surface area contributed by atoms with Crippen LogP contribution in [-0.4, -0.2) is 50.3 Å². The summed E-state index contributed by atoms with van der Waals surface area (Å²) in [5, 5.41) is 14.9. The maximum absolute atomic E-state index is 11.9. The number of hydrazone groups is 1. The number of hydrogen-bond donors (Lipinski definition) is 1. The average Bonchev–Trinajstić information content (AvgIpc) is 2.99. The zero-order chi connectivity index (χ0) is 18.4. The lowest BCUT2D eigenvalue weighted by molar-refractivity contribution is -0.385. The summed E-state index contributed by atoms with van der Waals surface area (Å²) in [6.45, 7) is 2.50.